The summed E-state index contributed by atoms with van der Waals surface area (Å²) < 4.78 is 0. The number of nitrogens with zero attached hydrogens (tertiary/aromatic N) is 1. The summed E-state index contributed by atoms with van der Waals surface area (Å²) in [6, 6.07) is 0. The van der Waals surface area contributed by atoms with Crippen molar-refractivity contribution in [1.82, 2.24) is 4.90 Å². The van der Waals surface area contributed by atoms with Gasteiger partial charge < -0.3 is 10.8 Å². The highest BCUT2D eigenvalue weighted by Gasteiger charge is 2.50. The number of rotatable bonds is 1. The third-order valence-electron chi connectivity index (χ3n) is 3.22. The number of hydrogen-bond acceptors (Lipinski definition) is 3. The average Bonchev–Trinajstić information content (AvgIpc) is 2.16. The molecule has 1 fully saturated rings. The maximum atomic E-state index is 11.2. The van der Waals surface area contributed by atoms with Gasteiger partial charge in [-0.05, 0) is 14.0 Å². The van der Waals surface area contributed by atoms with Gasteiger partial charge in [0.2, 0.25) is 5.91 Å². The molecule has 0 spiro atoms. The molecule has 1 rings (SSSR count). The van der Waals surface area contributed by atoms with Gasteiger partial charge in [-0.15, -0.1) is 0 Å². The van der Waals surface area contributed by atoms with Crippen LogP contribution in [-0.4, -0.2) is 41.1 Å². The number of primary amides is 1. The number of likely N-dealkylation sites (N-methyl/N-ethyl adjacent to an activating group) is 1. The standard InChI is InChI=1S/C8H16N2O2/c1-5-6(11)4-10(3)8(5,2)7(9)12/h5-6,11H,4H2,1-3H3,(H2,9,12)/t5?,6-,8-/m0/s1. The fraction of sp³-hybridized carbons (Fsp3) is 0.875. The SMILES string of the molecule is CC1[C@@H](O)CN(C)[C@]1(C)C(N)=O. The van der Waals surface area contributed by atoms with Crippen LogP contribution in [-0.2, 0) is 4.79 Å². The number of hydrogen-bond donors (Lipinski definition) is 2. The topological polar surface area (TPSA) is 66.6 Å². The smallest absolute Gasteiger partial charge is 0.238 e. The Morgan fingerprint density at radius 3 is 2.42 bits per heavy atom. The second kappa shape index (κ2) is 2.71. The molecule has 1 aliphatic heterocycles. The molecule has 3 N–H and O–H groups in total. The first-order valence-electron chi connectivity index (χ1n) is 4.10. The predicted octanol–water partition coefficient (Wildman–Crippen LogP) is -0.827. The molecule has 4 heteroatoms. The number of amides is 1. The van der Waals surface area contributed by atoms with Crippen molar-refractivity contribution in [2.45, 2.75) is 25.5 Å². The number of nitrogens with two attached hydrogens (primary N) is 1. The van der Waals surface area contributed by atoms with Gasteiger partial charge >= 0.3 is 0 Å². The number of β-amino-alcohol motifs (C(OH)–C–C–N with tert-alkyl or cyclic N) is 1. The molecule has 0 aromatic heterocycles. The van der Waals surface area contributed by atoms with Gasteiger partial charge in [0.15, 0.2) is 0 Å². The van der Waals surface area contributed by atoms with Crippen molar-refractivity contribution in [3.8, 4) is 0 Å². The lowest BCUT2D eigenvalue weighted by molar-refractivity contribution is -0.129. The highest BCUT2D eigenvalue weighted by molar-refractivity contribution is 5.85. The molecule has 0 saturated carbocycles. The lowest BCUT2D eigenvalue weighted by Gasteiger charge is -2.32. The van der Waals surface area contributed by atoms with E-state index in [1.54, 1.807) is 14.0 Å². The normalized spacial score (nSPS) is 43.3. The van der Waals surface area contributed by atoms with Gasteiger partial charge in [0.25, 0.3) is 0 Å². The van der Waals surface area contributed by atoms with Crippen LogP contribution in [0, 0.1) is 5.92 Å². The summed E-state index contributed by atoms with van der Waals surface area (Å²) in [5.41, 5.74) is 4.59. The summed E-state index contributed by atoms with van der Waals surface area (Å²) in [6.07, 6.45) is -0.451. The van der Waals surface area contributed by atoms with Crippen molar-refractivity contribution in [2.24, 2.45) is 11.7 Å². The quantitative estimate of drug-likeness (QED) is 0.542. The largest absolute Gasteiger partial charge is 0.391 e. The minimum atomic E-state index is -0.695. The molecule has 70 valence electrons. The summed E-state index contributed by atoms with van der Waals surface area (Å²) >= 11 is 0. The Kier molecular flexibility index (Phi) is 2.14. The predicted molar refractivity (Wildman–Crippen MR) is 45.4 cm³/mol. The Balaban J connectivity index is 2.95. The molecule has 0 aliphatic carbocycles. The number of aliphatic hydroxyl groups is 1. The highest BCUT2D eigenvalue weighted by Crippen LogP contribution is 2.32. The fourth-order valence-corrected chi connectivity index (χ4v) is 1.76. The van der Waals surface area contributed by atoms with Gasteiger partial charge in [0, 0.05) is 12.5 Å². The Morgan fingerprint density at radius 2 is 2.25 bits per heavy atom. The highest BCUT2D eigenvalue weighted by atomic mass is 16.3. The monoisotopic (exact) mass is 172 g/mol. The molecule has 0 bridgehead atoms. The molecule has 1 saturated heterocycles. The van der Waals surface area contributed by atoms with Crippen LogP contribution in [0.15, 0.2) is 0 Å². The van der Waals surface area contributed by atoms with E-state index in [-0.39, 0.29) is 11.8 Å². The Labute approximate surface area is 72.3 Å². The zero-order chi connectivity index (χ0) is 9.52. The molecular formula is C8H16N2O2. The van der Waals surface area contributed by atoms with Crippen molar-refractivity contribution in [2.75, 3.05) is 13.6 Å². The molecular weight excluding hydrogens is 156 g/mol. The van der Waals surface area contributed by atoms with E-state index in [9.17, 15) is 9.90 Å². The molecule has 1 heterocycles. The van der Waals surface area contributed by atoms with Crippen molar-refractivity contribution in [3.63, 3.8) is 0 Å². The number of carbonyl (C=O) groups excluding carboxylic acids is 1. The molecule has 4 nitrogen and oxygen atoms in total. The van der Waals surface area contributed by atoms with Gasteiger partial charge in [-0.1, -0.05) is 6.92 Å². The van der Waals surface area contributed by atoms with Crippen LogP contribution >= 0.6 is 0 Å². The van der Waals surface area contributed by atoms with Crippen molar-refractivity contribution < 1.29 is 9.90 Å². The molecule has 1 aliphatic rings. The summed E-state index contributed by atoms with van der Waals surface area (Å²) in [5, 5.41) is 9.50. The van der Waals surface area contributed by atoms with Crippen LogP contribution in [0.4, 0.5) is 0 Å². The maximum Gasteiger partial charge on any atom is 0.238 e. The van der Waals surface area contributed by atoms with Crippen LogP contribution in [0.5, 0.6) is 0 Å². The molecule has 0 aromatic rings. The molecule has 12 heavy (non-hydrogen) atoms. The van der Waals surface area contributed by atoms with E-state index >= 15 is 0 Å². The average molecular weight is 172 g/mol. The summed E-state index contributed by atoms with van der Waals surface area (Å²) in [5.74, 6) is -0.464. The Hall–Kier alpha value is -0.610. The zero-order valence-electron chi connectivity index (χ0n) is 7.74. The minimum absolute atomic E-state index is 0.0972. The molecule has 0 aromatic carbocycles. The van der Waals surface area contributed by atoms with Gasteiger partial charge in [0.1, 0.15) is 5.54 Å². The Bertz CT molecular complexity index is 207. The van der Waals surface area contributed by atoms with Crippen LogP contribution in [0.3, 0.4) is 0 Å². The van der Waals surface area contributed by atoms with Crippen LogP contribution in [0.1, 0.15) is 13.8 Å². The van der Waals surface area contributed by atoms with E-state index in [1.807, 2.05) is 11.8 Å². The molecule has 1 amide bonds. The van der Waals surface area contributed by atoms with Crippen molar-refractivity contribution in [1.29, 1.82) is 0 Å². The van der Waals surface area contributed by atoms with Crippen molar-refractivity contribution >= 4 is 5.91 Å². The van der Waals surface area contributed by atoms with E-state index < -0.39 is 11.6 Å². The van der Waals surface area contributed by atoms with Gasteiger partial charge in [0.05, 0.1) is 6.10 Å². The Morgan fingerprint density at radius 1 is 1.75 bits per heavy atom. The van der Waals surface area contributed by atoms with E-state index in [0.717, 1.165) is 0 Å². The van der Waals surface area contributed by atoms with Crippen LogP contribution in [0.2, 0.25) is 0 Å². The zero-order valence-corrected chi connectivity index (χ0v) is 7.74. The van der Waals surface area contributed by atoms with E-state index in [1.165, 1.54) is 0 Å². The van der Waals surface area contributed by atoms with E-state index in [2.05, 4.69) is 0 Å². The van der Waals surface area contributed by atoms with Crippen molar-refractivity contribution in [3.05, 3.63) is 0 Å². The third-order valence-corrected chi connectivity index (χ3v) is 3.22. The summed E-state index contributed by atoms with van der Waals surface area (Å²) in [7, 11) is 1.80. The first-order chi connectivity index (χ1) is 5.40. The lowest BCUT2D eigenvalue weighted by atomic mass is 9.86. The molecule has 3 atom stereocenters. The van der Waals surface area contributed by atoms with Gasteiger partial charge in [-0.3, -0.25) is 9.69 Å². The van der Waals surface area contributed by atoms with E-state index in [4.69, 9.17) is 5.73 Å². The fourth-order valence-electron chi connectivity index (χ4n) is 1.76. The van der Waals surface area contributed by atoms with E-state index in [0.29, 0.717) is 6.54 Å². The molecule has 1 unspecified atom stereocenters. The second-order valence-corrected chi connectivity index (χ2v) is 3.75. The third kappa shape index (κ3) is 1.03. The lowest BCUT2D eigenvalue weighted by Crippen LogP contribution is -2.53. The van der Waals surface area contributed by atoms with Crippen LogP contribution < -0.4 is 5.73 Å². The van der Waals surface area contributed by atoms with Gasteiger partial charge in [-0.2, -0.15) is 0 Å². The number of aliphatic hydroxyl groups excluding tert-OH is 1. The first-order valence-corrected chi connectivity index (χ1v) is 4.10. The minimum Gasteiger partial charge on any atom is -0.391 e. The number of carbonyl (C=O) groups is 1. The summed E-state index contributed by atoms with van der Waals surface area (Å²) in [4.78, 5) is 13.0. The summed E-state index contributed by atoms with van der Waals surface area (Å²) in [6.45, 7) is 4.13. The maximum absolute atomic E-state index is 11.2. The first kappa shape index (κ1) is 9.48. The molecule has 0 radical (unpaired) electrons. The van der Waals surface area contributed by atoms with Gasteiger partial charge in [-0.25, -0.2) is 0 Å². The van der Waals surface area contributed by atoms with Crippen LogP contribution in [0.25, 0.3) is 0 Å². The second-order valence-electron chi connectivity index (χ2n) is 3.75. The number of likely N-dealkylation sites (tertiary alicyclic amines) is 1.